The molecule has 192 valence electrons. The molecule has 0 aliphatic rings. The first kappa shape index (κ1) is 26.5. The Morgan fingerprint density at radius 3 is 2.35 bits per heavy atom. The Morgan fingerprint density at radius 1 is 1.03 bits per heavy atom. The van der Waals surface area contributed by atoms with Crippen molar-refractivity contribution in [3.05, 3.63) is 93.8 Å². The van der Waals surface area contributed by atoms with Gasteiger partial charge in [0.2, 0.25) is 10.0 Å². The topological polar surface area (TPSA) is 98.0 Å². The van der Waals surface area contributed by atoms with Gasteiger partial charge in [0.15, 0.2) is 4.80 Å². The first-order valence-electron chi connectivity index (χ1n) is 11.5. The zero-order valence-electron chi connectivity index (χ0n) is 21.0. The molecule has 1 amide bonds. The maximum atomic E-state index is 13.0. The van der Waals surface area contributed by atoms with Crippen molar-refractivity contribution in [3.8, 4) is 0 Å². The van der Waals surface area contributed by atoms with Crippen LogP contribution in [0.25, 0.3) is 10.2 Å². The predicted octanol–water partition coefficient (Wildman–Crippen LogP) is 4.05. The molecule has 0 N–H and O–H groups in total. The molecule has 3 aromatic carbocycles. The number of methoxy groups -OCH3 is 1. The highest BCUT2D eigenvalue weighted by Gasteiger charge is 2.21. The van der Waals surface area contributed by atoms with Crippen LogP contribution in [0.2, 0.25) is 0 Å². The Balaban J connectivity index is 1.65. The minimum atomic E-state index is -3.75. The van der Waals surface area contributed by atoms with E-state index in [0.717, 1.165) is 26.9 Å². The molecule has 0 saturated carbocycles. The van der Waals surface area contributed by atoms with Crippen molar-refractivity contribution in [2.45, 2.75) is 31.8 Å². The van der Waals surface area contributed by atoms with Crippen molar-refractivity contribution in [2.24, 2.45) is 4.99 Å². The summed E-state index contributed by atoms with van der Waals surface area (Å²) >= 11 is 1.31. The summed E-state index contributed by atoms with van der Waals surface area (Å²) in [6.07, 6.45) is 0. The van der Waals surface area contributed by atoms with E-state index in [0.29, 0.717) is 4.80 Å². The molecule has 0 fully saturated rings. The van der Waals surface area contributed by atoms with Gasteiger partial charge >= 0.3 is 5.97 Å². The van der Waals surface area contributed by atoms with E-state index in [9.17, 15) is 18.0 Å². The highest BCUT2D eigenvalue weighted by atomic mass is 32.2. The number of carbonyl (C=O) groups is 2. The van der Waals surface area contributed by atoms with E-state index in [1.807, 2.05) is 56.3 Å². The average molecular weight is 538 g/mol. The second-order valence-corrected chi connectivity index (χ2v) is 11.7. The quantitative estimate of drug-likeness (QED) is 0.331. The van der Waals surface area contributed by atoms with Crippen LogP contribution in [0.15, 0.2) is 76.6 Å². The lowest BCUT2D eigenvalue weighted by Crippen LogP contribution is -2.26. The van der Waals surface area contributed by atoms with Gasteiger partial charge in [-0.25, -0.2) is 8.42 Å². The number of esters is 1. The number of carbonyl (C=O) groups excluding carboxylic acids is 2. The number of aromatic nitrogens is 1. The summed E-state index contributed by atoms with van der Waals surface area (Å²) < 4.78 is 34.7. The molecule has 8 nitrogen and oxygen atoms in total. The van der Waals surface area contributed by atoms with Crippen LogP contribution in [0.5, 0.6) is 0 Å². The minimum absolute atomic E-state index is 0.0798. The summed E-state index contributed by atoms with van der Waals surface area (Å²) in [4.78, 5) is 29.8. The molecular formula is C27H27N3O5S2. The van der Waals surface area contributed by atoms with Gasteiger partial charge in [0, 0.05) is 19.2 Å². The number of aryl methyl sites for hydroxylation is 2. The second-order valence-electron chi connectivity index (χ2n) is 8.66. The van der Waals surface area contributed by atoms with Gasteiger partial charge in [-0.05, 0) is 60.9 Å². The van der Waals surface area contributed by atoms with Crippen molar-refractivity contribution in [3.63, 3.8) is 0 Å². The van der Waals surface area contributed by atoms with Crippen molar-refractivity contribution in [1.29, 1.82) is 0 Å². The van der Waals surface area contributed by atoms with Crippen LogP contribution >= 0.6 is 11.3 Å². The monoisotopic (exact) mass is 537 g/mol. The Labute approximate surface area is 219 Å². The van der Waals surface area contributed by atoms with Crippen molar-refractivity contribution < 1.29 is 22.7 Å². The van der Waals surface area contributed by atoms with Crippen LogP contribution in [0.4, 0.5) is 0 Å². The van der Waals surface area contributed by atoms with Gasteiger partial charge in [0.25, 0.3) is 5.91 Å². The number of amides is 1. The predicted molar refractivity (Wildman–Crippen MR) is 143 cm³/mol. The zero-order chi connectivity index (χ0) is 26.7. The lowest BCUT2D eigenvalue weighted by atomic mass is 10.1. The molecule has 1 aromatic heterocycles. The Morgan fingerprint density at radius 2 is 1.70 bits per heavy atom. The summed E-state index contributed by atoms with van der Waals surface area (Å²) in [5.41, 5.74) is 3.94. The Kier molecular flexibility index (Phi) is 7.72. The van der Waals surface area contributed by atoms with Crippen LogP contribution in [-0.2, 0) is 32.6 Å². The van der Waals surface area contributed by atoms with Gasteiger partial charge in [-0.1, -0.05) is 47.7 Å². The summed E-state index contributed by atoms with van der Waals surface area (Å²) in [7, 11) is -0.926. The van der Waals surface area contributed by atoms with Crippen molar-refractivity contribution >= 4 is 43.5 Å². The van der Waals surface area contributed by atoms with Gasteiger partial charge < -0.3 is 9.30 Å². The lowest BCUT2D eigenvalue weighted by molar-refractivity contribution is -0.141. The normalized spacial score (nSPS) is 12.3. The number of ether oxygens (including phenoxy) is 1. The molecule has 10 heteroatoms. The maximum Gasteiger partial charge on any atom is 0.325 e. The summed E-state index contributed by atoms with van der Waals surface area (Å²) in [5, 5.41) is 0. The molecule has 4 rings (SSSR count). The summed E-state index contributed by atoms with van der Waals surface area (Å²) in [6.45, 7) is 4.07. The van der Waals surface area contributed by atoms with E-state index in [1.54, 1.807) is 4.57 Å². The van der Waals surface area contributed by atoms with Gasteiger partial charge in [0.1, 0.15) is 6.54 Å². The number of hydrogen-bond donors (Lipinski definition) is 0. The summed E-state index contributed by atoms with van der Waals surface area (Å²) in [6, 6.07) is 19.0. The van der Waals surface area contributed by atoms with Gasteiger partial charge in [-0.15, -0.1) is 0 Å². The van der Waals surface area contributed by atoms with Gasteiger partial charge in [-0.3, -0.25) is 9.59 Å². The average Bonchev–Trinajstić information content (AvgIpc) is 3.21. The third kappa shape index (κ3) is 5.71. The Hall–Kier alpha value is -3.60. The largest absolute Gasteiger partial charge is 0.468 e. The Bertz CT molecular complexity index is 1640. The van der Waals surface area contributed by atoms with E-state index in [2.05, 4.69) is 4.99 Å². The maximum absolute atomic E-state index is 13.0. The van der Waals surface area contributed by atoms with Crippen LogP contribution in [0, 0.1) is 13.8 Å². The molecule has 0 spiro atoms. The fraction of sp³-hybridized carbons (Fsp3) is 0.222. The number of nitrogens with zero attached hydrogens (tertiary/aromatic N) is 3. The van der Waals surface area contributed by atoms with E-state index < -0.39 is 21.9 Å². The minimum Gasteiger partial charge on any atom is -0.468 e. The molecular weight excluding hydrogens is 510 g/mol. The molecule has 0 aliphatic carbocycles. The van der Waals surface area contributed by atoms with Gasteiger partial charge in [0.05, 0.1) is 22.2 Å². The van der Waals surface area contributed by atoms with Crippen LogP contribution < -0.4 is 4.80 Å². The van der Waals surface area contributed by atoms with Crippen molar-refractivity contribution in [2.75, 3.05) is 14.2 Å². The smallest absolute Gasteiger partial charge is 0.325 e. The van der Waals surface area contributed by atoms with E-state index in [-0.39, 0.29) is 23.5 Å². The van der Waals surface area contributed by atoms with Crippen LogP contribution in [0.3, 0.4) is 0 Å². The highest BCUT2D eigenvalue weighted by molar-refractivity contribution is 7.89. The summed E-state index contributed by atoms with van der Waals surface area (Å²) in [5.74, 6) is -0.997. The number of benzene rings is 3. The lowest BCUT2D eigenvalue weighted by Gasteiger charge is -2.17. The highest BCUT2D eigenvalue weighted by Crippen LogP contribution is 2.24. The first-order chi connectivity index (χ1) is 17.6. The van der Waals surface area contributed by atoms with Crippen LogP contribution in [0.1, 0.15) is 27.0 Å². The molecule has 4 aromatic rings. The fourth-order valence-electron chi connectivity index (χ4n) is 3.97. The zero-order valence-corrected chi connectivity index (χ0v) is 22.6. The second kappa shape index (κ2) is 10.8. The molecule has 1 heterocycles. The first-order valence-corrected chi connectivity index (χ1v) is 13.7. The number of fused-ring (bicyclic) bond motifs is 1. The molecule has 0 bridgehead atoms. The SMILES string of the molecule is COC(=O)Cn1c(=NC(=O)c2ccc(S(=O)(=O)N(C)Cc3ccccc3)cc2)sc2c(C)cc(C)cc21. The van der Waals surface area contributed by atoms with Crippen molar-refractivity contribution in [1.82, 2.24) is 8.87 Å². The third-order valence-corrected chi connectivity index (χ3v) is 8.93. The van der Waals surface area contributed by atoms with E-state index in [1.165, 1.54) is 54.1 Å². The standard InChI is InChI=1S/C27H27N3O5S2/c1-18-14-19(2)25-23(15-18)30(17-24(31)35-4)27(36-25)28-26(32)21-10-12-22(13-11-21)37(33,34)29(3)16-20-8-6-5-7-9-20/h5-15H,16-17H2,1-4H3. The molecule has 0 radical (unpaired) electrons. The number of hydrogen-bond acceptors (Lipinski definition) is 6. The molecule has 0 saturated heterocycles. The molecule has 37 heavy (non-hydrogen) atoms. The van der Waals surface area contributed by atoms with E-state index in [4.69, 9.17) is 4.74 Å². The third-order valence-electron chi connectivity index (χ3n) is 5.88. The van der Waals surface area contributed by atoms with Crippen LogP contribution in [-0.4, -0.2) is 43.3 Å². The number of rotatable bonds is 7. The number of sulfonamides is 1. The fourth-order valence-corrected chi connectivity index (χ4v) is 6.21. The molecule has 0 unspecified atom stereocenters. The molecule has 0 aliphatic heterocycles. The number of thiazole rings is 1. The molecule has 0 atom stereocenters. The van der Waals surface area contributed by atoms with E-state index >= 15 is 0 Å². The van der Waals surface area contributed by atoms with Gasteiger partial charge in [-0.2, -0.15) is 9.30 Å².